The van der Waals surface area contributed by atoms with Gasteiger partial charge in [0.15, 0.2) is 0 Å². The molecule has 1 rings (SSSR count). The van der Waals surface area contributed by atoms with E-state index in [2.05, 4.69) is 23.5 Å². The van der Waals surface area contributed by atoms with Crippen molar-refractivity contribution in [3.8, 4) is 12.3 Å². The van der Waals surface area contributed by atoms with E-state index < -0.39 is 0 Å². The van der Waals surface area contributed by atoms with Crippen molar-refractivity contribution in [2.24, 2.45) is 5.92 Å². The first-order valence-electron chi connectivity index (χ1n) is 6.18. The van der Waals surface area contributed by atoms with Crippen LogP contribution in [0.4, 0.5) is 0 Å². The fraction of sp³-hybridized carbons (Fsp3) is 0.769. The summed E-state index contributed by atoms with van der Waals surface area (Å²) < 4.78 is 0. The van der Waals surface area contributed by atoms with E-state index in [0.29, 0.717) is 5.92 Å². The van der Waals surface area contributed by atoms with Gasteiger partial charge in [0, 0.05) is 13.0 Å². The van der Waals surface area contributed by atoms with Crippen molar-refractivity contribution in [3.05, 3.63) is 0 Å². The normalized spacial score (nSPS) is 24.8. The summed E-state index contributed by atoms with van der Waals surface area (Å²) in [6.07, 6.45) is 10.0. The average Bonchev–Trinajstić information content (AvgIpc) is 2.28. The van der Waals surface area contributed by atoms with Crippen molar-refractivity contribution in [1.82, 2.24) is 10.6 Å². The predicted octanol–water partition coefficient (Wildman–Crippen LogP) is 1.29. The molecule has 0 radical (unpaired) electrons. The Bertz CT molecular complexity index is 257. The van der Waals surface area contributed by atoms with Crippen LogP contribution in [0.5, 0.6) is 0 Å². The van der Waals surface area contributed by atoms with Gasteiger partial charge in [-0.25, -0.2) is 0 Å². The molecule has 0 aromatic carbocycles. The molecule has 1 saturated heterocycles. The van der Waals surface area contributed by atoms with Gasteiger partial charge in [0.25, 0.3) is 0 Å². The van der Waals surface area contributed by atoms with Crippen LogP contribution in [-0.2, 0) is 4.79 Å². The van der Waals surface area contributed by atoms with Crippen molar-refractivity contribution >= 4 is 5.91 Å². The molecule has 0 spiro atoms. The molecule has 3 heteroatoms. The van der Waals surface area contributed by atoms with Gasteiger partial charge in [-0.1, -0.05) is 6.92 Å². The van der Waals surface area contributed by atoms with Crippen LogP contribution in [0.1, 0.15) is 39.0 Å². The molecule has 1 amide bonds. The van der Waals surface area contributed by atoms with Crippen molar-refractivity contribution in [3.63, 3.8) is 0 Å². The third kappa shape index (κ3) is 4.67. The van der Waals surface area contributed by atoms with Gasteiger partial charge in [-0.2, -0.15) is 0 Å². The molecular weight excluding hydrogens is 200 g/mol. The fourth-order valence-electron chi connectivity index (χ4n) is 1.99. The Morgan fingerprint density at radius 3 is 3.06 bits per heavy atom. The first kappa shape index (κ1) is 13.1. The van der Waals surface area contributed by atoms with E-state index in [-0.39, 0.29) is 11.9 Å². The fourth-order valence-corrected chi connectivity index (χ4v) is 1.99. The lowest BCUT2D eigenvalue weighted by Crippen LogP contribution is -2.48. The SMILES string of the molecule is C#CCCCCNC(=O)C1CC(C)CCN1. The van der Waals surface area contributed by atoms with Crippen molar-refractivity contribution in [1.29, 1.82) is 0 Å². The Balaban J connectivity index is 2.12. The van der Waals surface area contributed by atoms with Crippen LogP contribution in [0, 0.1) is 18.3 Å². The van der Waals surface area contributed by atoms with Crippen LogP contribution < -0.4 is 10.6 Å². The number of carbonyl (C=O) groups is 1. The lowest BCUT2D eigenvalue weighted by Gasteiger charge is -2.27. The number of amides is 1. The van der Waals surface area contributed by atoms with Crippen LogP contribution in [-0.4, -0.2) is 25.0 Å². The van der Waals surface area contributed by atoms with Gasteiger partial charge in [-0.05, 0) is 38.1 Å². The predicted molar refractivity (Wildman–Crippen MR) is 65.9 cm³/mol. The lowest BCUT2D eigenvalue weighted by atomic mass is 9.94. The summed E-state index contributed by atoms with van der Waals surface area (Å²) in [7, 11) is 0. The van der Waals surface area contributed by atoms with Crippen molar-refractivity contribution < 1.29 is 4.79 Å². The zero-order valence-corrected chi connectivity index (χ0v) is 10.1. The highest BCUT2D eigenvalue weighted by Crippen LogP contribution is 2.14. The first-order valence-corrected chi connectivity index (χ1v) is 6.18. The molecule has 90 valence electrons. The number of unbranched alkanes of at least 4 members (excludes halogenated alkanes) is 2. The van der Waals surface area contributed by atoms with E-state index in [4.69, 9.17) is 6.42 Å². The maximum absolute atomic E-state index is 11.8. The Labute approximate surface area is 98.4 Å². The number of hydrogen-bond donors (Lipinski definition) is 2. The number of nitrogens with one attached hydrogen (secondary N) is 2. The molecule has 3 nitrogen and oxygen atoms in total. The smallest absolute Gasteiger partial charge is 0.237 e. The molecule has 1 heterocycles. The minimum atomic E-state index is 0.0105. The Hall–Kier alpha value is -1.01. The number of piperidine rings is 1. The number of hydrogen-bond acceptors (Lipinski definition) is 2. The second-order valence-corrected chi connectivity index (χ2v) is 4.59. The zero-order valence-electron chi connectivity index (χ0n) is 10.1. The van der Waals surface area contributed by atoms with Crippen LogP contribution in [0.25, 0.3) is 0 Å². The Morgan fingerprint density at radius 1 is 1.56 bits per heavy atom. The van der Waals surface area contributed by atoms with E-state index in [1.165, 1.54) is 6.42 Å². The highest BCUT2D eigenvalue weighted by Gasteiger charge is 2.23. The highest BCUT2D eigenvalue weighted by atomic mass is 16.2. The third-order valence-corrected chi connectivity index (χ3v) is 3.03. The van der Waals surface area contributed by atoms with Crippen LogP contribution in [0.2, 0.25) is 0 Å². The molecule has 2 N–H and O–H groups in total. The van der Waals surface area contributed by atoms with E-state index in [1.807, 2.05) is 0 Å². The number of terminal acetylenes is 1. The molecule has 1 aliphatic rings. The monoisotopic (exact) mass is 222 g/mol. The molecular formula is C13H22N2O. The average molecular weight is 222 g/mol. The summed E-state index contributed by atoms with van der Waals surface area (Å²) in [5, 5.41) is 6.22. The summed E-state index contributed by atoms with van der Waals surface area (Å²) >= 11 is 0. The van der Waals surface area contributed by atoms with Crippen molar-refractivity contribution in [2.75, 3.05) is 13.1 Å². The molecule has 2 atom stereocenters. The molecule has 1 aliphatic heterocycles. The minimum Gasteiger partial charge on any atom is -0.355 e. The summed E-state index contributed by atoms with van der Waals surface area (Å²) in [4.78, 5) is 11.8. The molecule has 1 fully saturated rings. The molecule has 16 heavy (non-hydrogen) atoms. The second-order valence-electron chi connectivity index (χ2n) is 4.59. The summed E-state index contributed by atoms with van der Waals surface area (Å²) in [5.41, 5.74) is 0. The van der Waals surface area contributed by atoms with Gasteiger partial charge in [0.05, 0.1) is 6.04 Å². The zero-order chi connectivity index (χ0) is 11.8. The van der Waals surface area contributed by atoms with E-state index >= 15 is 0 Å². The molecule has 2 unspecified atom stereocenters. The van der Waals surface area contributed by atoms with Crippen LogP contribution in [0.15, 0.2) is 0 Å². The number of carbonyl (C=O) groups excluding carboxylic acids is 1. The summed E-state index contributed by atoms with van der Waals surface area (Å²) in [5.74, 6) is 3.40. The standard InChI is InChI=1S/C13H22N2O/c1-3-4-5-6-8-15-13(16)12-10-11(2)7-9-14-12/h1,11-12,14H,4-10H2,2H3,(H,15,16). The molecule has 0 bridgehead atoms. The van der Waals surface area contributed by atoms with Crippen LogP contribution in [0.3, 0.4) is 0 Å². The summed E-state index contributed by atoms with van der Waals surface area (Å²) in [6, 6.07) is 0.0105. The largest absolute Gasteiger partial charge is 0.355 e. The van der Waals surface area contributed by atoms with Crippen LogP contribution >= 0.6 is 0 Å². The quantitative estimate of drug-likeness (QED) is 0.544. The minimum absolute atomic E-state index is 0.0105. The molecule has 0 aliphatic carbocycles. The molecule has 0 aromatic rings. The molecule has 0 aromatic heterocycles. The summed E-state index contributed by atoms with van der Waals surface area (Å²) in [6.45, 7) is 3.90. The van der Waals surface area contributed by atoms with E-state index in [9.17, 15) is 4.79 Å². The van der Waals surface area contributed by atoms with Gasteiger partial charge in [-0.3, -0.25) is 4.79 Å². The second kappa shape index (κ2) is 7.29. The Morgan fingerprint density at radius 2 is 2.38 bits per heavy atom. The molecule has 0 saturated carbocycles. The third-order valence-electron chi connectivity index (χ3n) is 3.03. The maximum Gasteiger partial charge on any atom is 0.237 e. The van der Waals surface area contributed by atoms with Gasteiger partial charge in [0.2, 0.25) is 5.91 Å². The van der Waals surface area contributed by atoms with E-state index in [1.54, 1.807) is 0 Å². The van der Waals surface area contributed by atoms with E-state index in [0.717, 1.165) is 38.8 Å². The lowest BCUT2D eigenvalue weighted by molar-refractivity contribution is -0.124. The van der Waals surface area contributed by atoms with Gasteiger partial charge in [-0.15, -0.1) is 12.3 Å². The van der Waals surface area contributed by atoms with Gasteiger partial charge >= 0.3 is 0 Å². The highest BCUT2D eigenvalue weighted by molar-refractivity contribution is 5.81. The van der Waals surface area contributed by atoms with Gasteiger partial charge in [0.1, 0.15) is 0 Å². The maximum atomic E-state index is 11.8. The first-order chi connectivity index (χ1) is 7.74. The topological polar surface area (TPSA) is 41.1 Å². The van der Waals surface area contributed by atoms with Crippen molar-refractivity contribution in [2.45, 2.75) is 45.1 Å². The number of rotatable bonds is 5. The van der Waals surface area contributed by atoms with Gasteiger partial charge < -0.3 is 10.6 Å². The Kier molecular flexibility index (Phi) is 5.95.